The third-order valence-corrected chi connectivity index (χ3v) is 4.20. The van der Waals surface area contributed by atoms with Crippen LogP contribution in [0.5, 0.6) is 0 Å². The summed E-state index contributed by atoms with van der Waals surface area (Å²) in [6, 6.07) is 16.1. The van der Waals surface area contributed by atoms with E-state index in [2.05, 4.69) is 20.4 Å². The van der Waals surface area contributed by atoms with Gasteiger partial charge in [-0.05, 0) is 61.9 Å². The Balaban J connectivity index is 1.65. The van der Waals surface area contributed by atoms with Crippen molar-refractivity contribution in [1.82, 2.24) is 19.7 Å². The fraction of sp³-hybridized carbons (Fsp3) is 0.0952. The van der Waals surface area contributed by atoms with E-state index in [0.29, 0.717) is 5.95 Å². The minimum Gasteiger partial charge on any atom is -0.324 e. The first kappa shape index (κ1) is 16.9. The van der Waals surface area contributed by atoms with Crippen LogP contribution in [-0.2, 0) is 0 Å². The second kappa shape index (κ2) is 6.99. The topological polar surface area (TPSA) is 55.6 Å². The van der Waals surface area contributed by atoms with Crippen molar-refractivity contribution in [3.05, 3.63) is 84.1 Å². The molecule has 2 heterocycles. The van der Waals surface area contributed by atoms with Gasteiger partial charge < -0.3 is 5.32 Å². The molecule has 2 aromatic carbocycles. The Labute approximate surface area is 156 Å². The summed E-state index contributed by atoms with van der Waals surface area (Å²) in [7, 11) is 0. The standard InChI is InChI=1S/C21H18FN5/c1-14-4-3-5-17(12-14)24-21-23-11-10-20(25-21)19-13-27(26-15(19)2)18-8-6-16(22)7-9-18/h3-13H,1-2H3,(H,23,24,25). The molecule has 4 aromatic rings. The predicted octanol–water partition coefficient (Wildman–Crippen LogP) is 4.83. The van der Waals surface area contributed by atoms with E-state index in [-0.39, 0.29) is 5.82 Å². The number of rotatable bonds is 4. The molecule has 0 saturated carbocycles. The lowest BCUT2D eigenvalue weighted by Crippen LogP contribution is -1.98. The SMILES string of the molecule is Cc1cccc(Nc2nccc(-c3cn(-c4ccc(F)cc4)nc3C)n2)c1. The molecule has 0 aliphatic heterocycles. The van der Waals surface area contributed by atoms with Crippen molar-refractivity contribution >= 4 is 11.6 Å². The first-order valence-electron chi connectivity index (χ1n) is 8.58. The van der Waals surface area contributed by atoms with Gasteiger partial charge in [-0.1, -0.05) is 12.1 Å². The van der Waals surface area contributed by atoms with Crippen LogP contribution in [0.25, 0.3) is 16.9 Å². The molecule has 0 bridgehead atoms. The molecular weight excluding hydrogens is 341 g/mol. The van der Waals surface area contributed by atoms with Gasteiger partial charge in [-0.2, -0.15) is 5.10 Å². The summed E-state index contributed by atoms with van der Waals surface area (Å²) >= 11 is 0. The first-order chi connectivity index (χ1) is 13.1. The number of aryl methyl sites for hydroxylation is 2. The lowest BCUT2D eigenvalue weighted by molar-refractivity contribution is 0.627. The number of nitrogens with zero attached hydrogens (tertiary/aromatic N) is 4. The van der Waals surface area contributed by atoms with Gasteiger partial charge in [0.15, 0.2) is 0 Å². The molecule has 0 unspecified atom stereocenters. The lowest BCUT2D eigenvalue weighted by atomic mass is 10.2. The molecular formula is C21H18FN5. The third kappa shape index (κ3) is 3.69. The van der Waals surface area contributed by atoms with E-state index >= 15 is 0 Å². The van der Waals surface area contributed by atoms with Crippen molar-refractivity contribution in [1.29, 1.82) is 0 Å². The number of anilines is 2. The molecule has 6 heteroatoms. The van der Waals surface area contributed by atoms with Crippen LogP contribution in [0.4, 0.5) is 16.0 Å². The maximum absolute atomic E-state index is 13.1. The number of hydrogen-bond acceptors (Lipinski definition) is 4. The van der Waals surface area contributed by atoms with Crippen molar-refractivity contribution in [3.63, 3.8) is 0 Å². The highest BCUT2D eigenvalue weighted by Crippen LogP contribution is 2.24. The minimum atomic E-state index is -0.273. The van der Waals surface area contributed by atoms with E-state index in [1.807, 2.05) is 50.4 Å². The van der Waals surface area contributed by atoms with Gasteiger partial charge in [0.2, 0.25) is 5.95 Å². The maximum atomic E-state index is 13.1. The van der Waals surface area contributed by atoms with Gasteiger partial charge in [-0.3, -0.25) is 0 Å². The van der Waals surface area contributed by atoms with E-state index in [9.17, 15) is 4.39 Å². The molecule has 0 aliphatic rings. The second-order valence-electron chi connectivity index (χ2n) is 6.31. The number of nitrogens with one attached hydrogen (secondary N) is 1. The summed E-state index contributed by atoms with van der Waals surface area (Å²) in [5.74, 6) is 0.248. The zero-order valence-electron chi connectivity index (χ0n) is 15.0. The zero-order chi connectivity index (χ0) is 18.8. The number of halogens is 1. The van der Waals surface area contributed by atoms with Crippen molar-refractivity contribution in [2.24, 2.45) is 0 Å². The Kier molecular flexibility index (Phi) is 4.38. The molecule has 0 aliphatic carbocycles. The molecule has 0 radical (unpaired) electrons. The van der Waals surface area contributed by atoms with Crippen LogP contribution in [0.3, 0.4) is 0 Å². The van der Waals surface area contributed by atoms with Crippen LogP contribution in [-0.4, -0.2) is 19.7 Å². The van der Waals surface area contributed by atoms with E-state index in [1.165, 1.54) is 12.1 Å². The van der Waals surface area contributed by atoms with Crippen molar-refractivity contribution in [3.8, 4) is 16.9 Å². The highest BCUT2D eigenvalue weighted by molar-refractivity contribution is 5.64. The van der Waals surface area contributed by atoms with Crippen molar-refractivity contribution in [2.75, 3.05) is 5.32 Å². The third-order valence-electron chi connectivity index (χ3n) is 4.20. The van der Waals surface area contributed by atoms with Gasteiger partial charge >= 0.3 is 0 Å². The molecule has 0 amide bonds. The fourth-order valence-electron chi connectivity index (χ4n) is 2.86. The smallest absolute Gasteiger partial charge is 0.227 e. The van der Waals surface area contributed by atoms with Gasteiger partial charge in [-0.25, -0.2) is 19.0 Å². The largest absolute Gasteiger partial charge is 0.324 e. The molecule has 0 atom stereocenters. The molecule has 1 N–H and O–H groups in total. The maximum Gasteiger partial charge on any atom is 0.227 e. The van der Waals surface area contributed by atoms with Crippen LogP contribution in [0.2, 0.25) is 0 Å². The van der Waals surface area contributed by atoms with Crippen LogP contribution in [0.1, 0.15) is 11.3 Å². The average Bonchev–Trinajstić information content (AvgIpc) is 3.04. The molecule has 134 valence electrons. The zero-order valence-corrected chi connectivity index (χ0v) is 15.0. The quantitative estimate of drug-likeness (QED) is 0.567. The Morgan fingerprint density at radius 1 is 1.00 bits per heavy atom. The summed E-state index contributed by atoms with van der Waals surface area (Å²) in [4.78, 5) is 8.92. The molecule has 0 fully saturated rings. The van der Waals surface area contributed by atoms with Crippen LogP contribution < -0.4 is 5.32 Å². The highest BCUT2D eigenvalue weighted by atomic mass is 19.1. The summed E-state index contributed by atoms with van der Waals surface area (Å²) in [6.45, 7) is 3.96. The second-order valence-corrected chi connectivity index (χ2v) is 6.31. The van der Waals surface area contributed by atoms with Crippen LogP contribution in [0.15, 0.2) is 67.0 Å². The van der Waals surface area contributed by atoms with Gasteiger partial charge in [0.25, 0.3) is 0 Å². The molecule has 5 nitrogen and oxygen atoms in total. The van der Waals surface area contributed by atoms with Crippen LogP contribution in [0, 0.1) is 19.7 Å². The minimum absolute atomic E-state index is 0.273. The van der Waals surface area contributed by atoms with Crippen LogP contribution >= 0.6 is 0 Å². The van der Waals surface area contributed by atoms with Gasteiger partial charge in [0.1, 0.15) is 5.82 Å². The number of benzene rings is 2. The average molecular weight is 359 g/mol. The fourth-order valence-corrected chi connectivity index (χ4v) is 2.86. The monoisotopic (exact) mass is 359 g/mol. The number of hydrogen-bond donors (Lipinski definition) is 1. The molecule has 0 spiro atoms. The molecule has 27 heavy (non-hydrogen) atoms. The Bertz CT molecular complexity index is 1090. The Hall–Kier alpha value is -3.54. The lowest BCUT2D eigenvalue weighted by Gasteiger charge is -2.06. The Morgan fingerprint density at radius 3 is 2.59 bits per heavy atom. The highest BCUT2D eigenvalue weighted by Gasteiger charge is 2.11. The first-order valence-corrected chi connectivity index (χ1v) is 8.58. The molecule has 0 saturated heterocycles. The van der Waals surface area contributed by atoms with Gasteiger partial charge in [-0.15, -0.1) is 0 Å². The summed E-state index contributed by atoms with van der Waals surface area (Å²) in [5.41, 5.74) is 5.39. The normalized spacial score (nSPS) is 10.8. The molecule has 2 aromatic heterocycles. The van der Waals surface area contributed by atoms with E-state index in [4.69, 9.17) is 0 Å². The van der Waals surface area contributed by atoms with Gasteiger partial charge in [0, 0.05) is 23.6 Å². The molecule has 4 rings (SSSR count). The van der Waals surface area contributed by atoms with Crippen molar-refractivity contribution in [2.45, 2.75) is 13.8 Å². The number of aromatic nitrogens is 4. The van der Waals surface area contributed by atoms with E-state index in [1.54, 1.807) is 23.0 Å². The van der Waals surface area contributed by atoms with Crippen molar-refractivity contribution < 1.29 is 4.39 Å². The summed E-state index contributed by atoms with van der Waals surface area (Å²) in [6.07, 6.45) is 3.61. The van der Waals surface area contributed by atoms with Gasteiger partial charge in [0.05, 0.1) is 17.1 Å². The Morgan fingerprint density at radius 2 is 1.81 bits per heavy atom. The predicted molar refractivity (Wildman–Crippen MR) is 104 cm³/mol. The summed E-state index contributed by atoms with van der Waals surface area (Å²) in [5, 5.41) is 7.75. The summed E-state index contributed by atoms with van der Waals surface area (Å²) < 4.78 is 14.9. The van der Waals surface area contributed by atoms with E-state index in [0.717, 1.165) is 33.9 Å². The van der Waals surface area contributed by atoms with E-state index < -0.39 is 0 Å².